The van der Waals surface area contributed by atoms with E-state index in [1.807, 2.05) is 0 Å². The summed E-state index contributed by atoms with van der Waals surface area (Å²) in [5.41, 5.74) is 0. The van der Waals surface area contributed by atoms with Crippen molar-refractivity contribution in [2.45, 2.75) is 19.0 Å². The fourth-order valence-corrected chi connectivity index (χ4v) is 1.22. The Morgan fingerprint density at radius 2 is 1.90 bits per heavy atom. The number of aliphatic hydroxyl groups excluding tert-OH is 1. The molecule has 0 aromatic heterocycles. The Morgan fingerprint density at radius 1 is 1.30 bits per heavy atom. The minimum absolute atomic E-state index is 0.189. The molecule has 0 radical (unpaired) electrons. The zero-order chi connectivity index (χ0) is 7.78. The average molecular weight is 154 g/mol. The normalized spacial score (nSPS) is 33.6. The molecule has 0 aromatic rings. The molecule has 1 fully saturated rings. The molecule has 0 unspecified atom stereocenters. The van der Waals surface area contributed by atoms with E-state index in [-0.39, 0.29) is 13.0 Å². The van der Waals surface area contributed by atoms with Crippen LogP contribution >= 0.6 is 0 Å². The van der Waals surface area contributed by atoms with Gasteiger partial charge in [-0.05, 0) is 18.8 Å². The van der Waals surface area contributed by atoms with Crippen molar-refractivity contribution in [3.05, 3.63) is 0 Å². The van der Waals surface area contributed by atoms with Crippen LogP contribution in [0.5, 0.6) is 0 Å². The van der Waals surface area contributed by atoms with Crippen LogP contribution in [0.4, 0.5) is 13.2 Å². The van der Waals surface area contributed by atoms with E-state index in [0.717, 1.165) is 0 Å². The summed E-state index contributed by atoms with van der Waals surface area (Å²) >= 11 is 0. The fraction of sp³-hybridized carbons (Fsp3) is 1.00. The number of halogens is 3. The molecular formula is C6H9F3O. The van der Waals surface area contributed by atoms with E-state index in [4.69, 9.17) is 5.11 Å². The van der Waals surface area contributed by atoms with Gasteiger partial charge in [0.05, 0.1) is 5.92 Å². The Balaban J connectivity index is 2.43. The summed E-state index contributed by atoms with van der Waals surface area (Å²) in [6.07, 6.45) is -3.39. The third-order valence-electron chi connectivity index (χ3n) is 2.07. The summed E-state index contributed by atoms with van der Waals surface area (Å²) in [7, 11) is 0. The van der Waals surface area contributed by atoms with E-state index in [0.29, 0.717) is 6.42 Å². The van der Waals surface area contributed by atoms with Crippen LogP contribution in [-0.4, -0.2) is 17.9 Å². The van der Waals surface area contributed by atoms with Crippen molar-refractivity contribution in [2.24, 2.45) is 11.8 Å². The highest BCUT2D eigenvalue weighted by atomic mass is 19.4. The molecule has 1 nitrogen and oxygen atoms in total. The van der Waals surface area contributed by atoms with Crippen LogP contribution in [0.25, 0.3) is 0 Å². The van der Waals surface area contributed by atoms with Gasteiger partial charge in [0, 0.05) is 6.61 Å². The molecule has 4 heteroatoms. The highest BCUT2D eigenvalue weighted by Crippen LogP contribution is 2.45. The van der Waals surface area contributed by atoms with Crippen LogP contribution in [0.3, 0.4) is 0 Å². The van der Waals surface area contributed by atoms with Crippen LogP contribution in [0, 0.1) is 11.8 Å². The maximum absolute atomic E-state index is 11.8. The first kappa shape index (κ1) is 7.85. The average Bonchev–Trinajstić information content (AvgIpc) is 1.57. The van der Waals surface area contributed by atoms with Crippen LogP contribution in [0.1, 0.15) is 12.8 Å². The third-order valence-corrected chi connectivity index (χ3v) is 2.07. The standard InChI is InChI=1S/C6H9F3O/c7-6(8,9)5-2-1-4(5)3-10/h4-5,10H,1-3H2/t4-,5+/m0/s1. The molecule has 2 atom stereocenters. The highest BCUT2D eigenvalue weighted by molar-refractivity contribution is 4.84. The summed E-state index contributed by atoms with van der Waals surface area (Å²) in [6.45, 7) is -0.329. The lowest BCUT2D eigenvalue weighted by Crippen LogP contribution is -2.39. The summed E-state index contributed by atoms with van der Waals surface area (Å²) in [5.74, 6) is -1.77. The van der Waals surface area contributed by atoms with Crippen molar-refractivity contribution in [1.29, 1.82) is 0 Å². The van der Waals surface area contributed by atoms with E-state index in [2.05, 4.69) is 0 Å². The van der Waals surface area contributed by atoms with Gasteiger partial charge < -0.3 is 5.11 Å². The van der Waals surface area contributed by atoms with Gasteiger partial charge in [-0.3, -0.25) is 0 Å². The van der Waals surface area contributed by atoms with Gasteiger partial charge in [-0.2, -0.15) is 13.2 Å². The van der Waals surface area contributed by atoms with E-state index < -0.39 is 18.0 Å². The molecule has 0 heterocycles. The molecule has 0 aromatic carbocycles. The Bertz CT molecular complexity index is 119. The largest absolute Gasteiger partial charge is 0.396 e. The summed E-state index contributed by atoms with van der Waals surface area (Å²) in [5, 5.41) is 8.42. The van der Waals surface area contributed by atoms with Crippen LogP contribution in [-0.2, 0) is 0 Å². The quantitative estimate of drug-likeness (QED) is 0.607. The lowest BCUT2D eigenvalue weighted by molar-refractivity contribution is -0.217. The third kappa shape index (κ3) is 1.26. The van der Waals surface area contributed by atoms with Crippen LogP contribution < -0.4 is 0 Å². The van der Waals surface area contributed by atoms with Gasteiger partial charge in [0.15, 0.2) is 0 Å². The van der Waals surface area contributed by atoms with E-state index in [9.17, 15) is 13.2 Å². The monoisotopic (exact) mass is 154 g/mol. The van der Waals surface area contributed by atoms with Crippen molar-refractivity contribution >= 4 is 0 Å². The Kier molecular flexibility index (Phi) is 1.90. The molecule has 60 valence electrons. The first-order valence-corrected chi connectivity index (χ1v) is 3.23. The van der Waals surface area contributed by atoms with Gasteiger partial charge in [-0.1, -0.05) is 0 Å². The van der Waals surface area contributed by atoms with Crippen molar-refractivity contribution in [2.75, 3.05) is 6.61 Å². The number of aliphatic hydroxyl groups is 1. The second-order valence-corrected chi connectivity index (χ2v) is 2.67. The van der Waals surface area contributed by atoms with Gasteiger partial charge in [0.1, 0.15) is 0 Å². The second-order valence-electron chi connectivity index (χ2n) is 2.67. The topological polar surface area (TPSA) is 20.2 Å². The minimum atomic E-state index is -4.09. The van der Waals surface area contributed by atoms with Crippen molar-refractivity contribution in [1.82, 2.24) is 0 Å². The van der Waals surface area contributed by atoms with Gasteiger partial charge >= 0.3 is 6.18 Å². The lowest BCUT2D eigenvalue weighted by atomic mass is 9.74. The second kappa shape index (κ2) is 2.42. The molecule has 0 saturated heterocycles. The molecule has 1 aliphatic rings. The summed E-state index contributed by atoms with van der Waals surface area (Å²) in [6, 6.07) is 0. The van der Waals surface area contributed by atoms with Crippen molar-refractivity contribution in [3.8, 4) is 0 Å². The van der Waals surface area contributed by atoms with Gasteiger partial charge in [-0.15, -0.1) is 0 Å². The van der Waals surface area contributed by atoms with E-state index >= 15 is 0 Å². The van der Waals surface area contributed by atoms with Crippen LogP contribution in [0.15, 0.2) is 0 Å². The first-order chi connectivity index (χ1) is 4.55. The number of hydrogen-bond donors (Lipinski definition) is 1. The van der Waals surface area contributed by atoms with E-state index in [1.54, 1.807) is 0 Å². The van der Waals surface area contributed by atoms with E-state index in [1.165, 1.54) is 0 Å². The predicted molar refractivity (Wildman–Crippen MR) is 29.4 cm³/mol. The fourth-order valence-electron chi connectivity index (χ4n) is 1.22. The molecule has 1 rings (SSSR count). The molecule has 10 heavy (non-hydrogen) atoms. The number of hydrogen-bond acceptors (Lipinski definition) is 1. The van der Waals surface area contributed by atoms with Gasteiger partial charge in [-0.25, -0.2) is 0 Å². The zero-order valence-electron chi connectivity index (χ0n) is 5.36. The SMILES string of the molecule is OC[C@@H]1CC[C@H]1C(F)(F)F. The maximum Gasteiger partial charge on any atom is 0.392 e. The zero-order valence-corrected chi connectivity index (χ0v) is 5.36. The lowest BCUT2D eigenvalue weighted by Gasteiger charge is -2.36. The Labute approximate surface area is 56.8 Å². The Morgan fingerprint density at radius 3 is 2.00 bits per heavy atom. The maximum atomic E-state index is 11.8. The minimum Gasteiger partial charge on any atom is -0.396 e. The number of rotatable bonds is 1. The molecule has 1 aliphatic carbocycles. The molecule has 0 bridgehead atoms. The number of alkyl halides is 3. The van der Waals surface area contributed by atoms with Crippen molar-refractivity contribution < 1.29 is 18.3 Å². The van der Waals surface area contributed by atoms with Crippen molar-refractivity contribution in [3.63, 3.8) is 0 Å². The molecule has 1 N–H and O–H groups in total. The Hall–Kier alpha value is -0.250. The highest BCUT2D eigenvalue weighted by Gasteiger charge is 2.49. The molecule has 0 spiro atoms. The first-order valence-electron chi connectivity index (χ1n) is 3.23. The molecule has 0 aliphatic heterocycles. The molecule has 1 saturated carbocycles. The van der Waals surface area contributed by atoms with Gasteiger partial charge in [0.2, 0.25) is 0 Å². The van der Waals surface area contributed by atoms with Crippen LogP contribution in [0.2, 0.25) is 0 Å². The van der Waals surface area contributed by atoms with Gasteiger partial charge in [0.25, 0.3) is 0 Å². The summed E-state index contributed by atoms with van der Waals surface area (Å²) < 4.78 is 35.5. The summed E-state index contributed by atoms with van der Waals surface area (Å²) in [4.78, 5) is 0. The molecule has 0 amide bonds. The smallest absolute Gasteiger partial charge is 0.392 e. The molecular weight excluding hydrogens is 145 g/mol. The predicted octanol–water partition coefficient (Wildman–Crippen LogP) is 1.57.